The molecule has 1 aliphatic heterocycles. The van der Waals surface area contributed by atoms with Crippen molar-refractivity contribution in [2.45, 2.75) is 12.7 Å². The highest BCUT2D eigenvalue weighted by Gasteiger charge is 2.37. The van der Waals surface area contributed by atoms with Gasteiger partial charge in [-0.05, 0) is 35.9 Å². The van der Waals surface area contributed by atoms with Crippen molar-refractivity contribution >= 4 is 39.1 Å². The molecule has 4 rings (SSSR count). The van der Waals surface area contributed by atoms with Gasteiger partial charge in [-0.15, -0.1) is 0 Å². The van der Waals surface area contributed by atoms with Crippen molar-refractivity contribution in [3.05, 3.63) is 98.7 Å². The highest BCUT2D eigenvalue weighted by molar-refractivity contribution is 9.10. The van der Waals surface area contributed by atoms with Crippen LogP contribution in [0.4, 0.5) is 10.1 Å². The van der Waals surface area contributed by atoms with E-state index in [1.807, 2.05) is 36.4 Å². The standard InChI is InChI=1S/C21H15BrClFN2O/c22-14-9-10-19(18(24)11-14)25-20-15-6-2-3-7-16(15)21(27)26(20)12-13-5-1-4-8-17(13)23/h1-11,20,25H,12H2. The minimum absolute atomic E-state index is 0.111. The fourth-order valence-electron chi connectivity index (χ4n) is 3.25. The highest BCUT2D eigenvalue weighted by Crippen LogP contribution is 2.37. The molecule has 3 aromatic carbocycles. The number of rotatable bonds is 4. The van der Waals surface area contributed by atoms with E-state index in [2.05, 4.69) is 21.2 Å². The molecule has 6 heteroatoms. The van der Waals surface area contributed by atoms with Gasteiger partial charge in [0.1, 0.15) is 12.0 Å². The van der Waals surface area contributed by atoms with Crippen molar-refractivity contribution in [1.29, 1.82) is 0 Å². The van der Waals surface area contributed by atoms with Gasteiger partial charge in [0.05, 0.1) is 5.69 Å². The molecule has 136 valence electrons. The Morgan fingerprint density at radius 1 is 1.07 bits per heavy atom. The summed E-state index contributed by atoms with van der Waals surface area (Å²) in [6, 6.07) is 19.6. The summed E-state index contributed by atoms with van der Waals surface area (Å²) in [7, 11) is 0. The van der Waals surface area contributed by atoms with Crippen LogP contribution < -0.4 is 5.32 Å². The Morgan fingerprint density at radius 3 is 2.59 bits per heavy atom. The number of carbonyl (C=O) groups excluding carboxylic acids is 1. The number of halogens is 3. The number of hydrogen-bond donors (Lipinski definition) is 1. The second kappa shape index (κ2) is 7.33. The molecule has 3 nitrogen and oxygen atoms in total. The lowest BCUT2D eigenvalue weighted by atomic mass is 10.1. The minimum Gasteiger partial charge on any atom is -0.359 e. The molecule has 1 amide bonds. The lowest BCUT2D eigenvalue weighted by Crippen LogP contribution is -2.32. The smallest absolute Gasteiger partial charge is 0.256 e. The van der Waals surface area contributed by atoms with Crippen molar-refractivity contribution < 1.29 is 9.18 Å². The molecule has 0 saturated heterocycles. The Hall–Kier alpha value is -2.37. The number of amides is 1. The Morgan fingerprint density at radius 2 is 1.81 bits per heavy atom. The molecule has 0 aromatic heterocycles. The van der Waals surface area contributed by atoms with Gasteiger partial charge in [-0.2, -0.15) is 0 Å². The van der Waals surface area contributed by atoms with E-state index in [9.17, 15) is 9.18 Å². The lowest BCUT2D eigenvalue weighted by Gasteiger charge is -2.27. The van der Waals surface area contributed by atoms with Crippen LogP contribution in [0.15, 0.2) is 71.2 Å². The average molecular weight is 446 g/mol. The van der Waals surface area contributed by atoms with E-state index in [0.29, 0.717) is 27.3 Å². The maximum absolute atomic E-state index is 14.4. The van der Waals surface area contributed by atoms with E-state index >= 15 is 0 Å². The van der Waals surface area contributed by atoms with E-state index in [1.165, 1.54) is 6.07 Å². The Kier molecular flexibility index (Phi) is 4.89. The third-order valence-electron chi connectivity index (χ3n) is 4.58. The van der Waals surface area contributed by atoms with Gasteiger partial charge in [0, 0.05) is 27.2 Å². The van der Waals surface area contributed by atoms with Crippen molar-refractivity contribution in [3.8, 4) is 0 Å². The van der Waals surface area contributed by atoms with Crippen LogP contribution in [-0.4, -0.2) is 10.8 Å². The van der Waals surface area contributed by atoms with Crippen LogP contribution in [0.3, 0.4) is 0 Å². The van der Waals surface area contributed by atoms with E-state index in [-0.39, 0.29) is 11.7 Å². The highest BCUT2D eigenvalue weighted by atomic mass is 79.9. The molecular formula is C21H15BrClFN2O. The Balaban J connectivity index is 1.72. The fourth-order valence-corrected chi connectivity index (χ4v) is 3.78. The quantitative estimate of drug-likeness (QED) is 0.533. The second-order valence-corrected chi connectivity index (χ2v) is 7.61. The van der Waals surface area contributed by atoms with Gasteiger partial charge in [-0.25, -0.2) is 4.39 Å². The normalized spacial score (nSPS) is 15.7. The third kappa shape index (κ3) is 3.45. The molecule has 0 fully saturated rings. The lowest BCUT2D eigenvalue weighted by molar-refractivity contribution is 0.0728. The number of hydrogen-bond acceptors (Lipinski definition) is 2. The van der Waals surface area contributed by atoms with Crippen LogP contribution in [0.2, 0.25) is 5.02 Å². The molecule has 0 spiro atoms. The average Bonchev–Trinajstić information content (AvgIpc) is 2.92. The van der Waals surface area contributed by atoms with Crippen molar-refractivity contribution in [1.82, 2.24) is 4.90 Å². The molecule has 0 saturated carbocycles. The van der Waals surface area contributed by atoms with E-state index < -0.39 is 6.17 Å². The molecule has 1 aliphatic rings. The van der Waals surface area contributed by atoms with Crippen LogP contribution in [0.1, 0.15) is 27.7 Å². The monoisotopic (exact) mass is 444 g/mol. The Labute approximate surface area is 169 Å². The number of fused-ring (bicyclic) bond motifs is 1. The van der Waals surface area contributed by atoms with Crippen LogP contribution in [0.5, 0.6) is 0 Å². The SMILES string of the molecule is O=C1c2ccccc2C(Nc2ccc(Br)cc2F)N1Cc1ccccc1Cl. The number of carbonyl (C=O) groups is 1. The first-order chi connectivity index (χ1) is 13.0. The molecule has 1 atom stereocenters. The third-order valence-corrected chi connectivity index (χ3v) is 5.44. The number of nitrogens with one attached hydrogen (secondary N) is 1. The summed E-state index contributed by atoms with van der Waals surface area (Å²) in [4.78, 5) is 14.7. The molecule has 0 radical (unpaired) electrons. The molecule has 1 unspecified atom stereocenters. The predicted molar refractivity (Wildman–Crippen MR) is 108 cm³/mol. The molecule has 0 aliphatic carbocycles. The van der Waals surface area contributed by atoms with E-state index in [1.54, 1.807) is 29.2 Å². The van der Waals surface area contributed by atoms with Crippen molar-refractivity contribution in [2.75, 3.05) is 5.32 Å². The molecule has 27 heavy (non-hydrogen) atoms. The number of nitrogens with zero attached hydrogens (tertiary/aromatic N) is 1. The van der Waals surface area contributed by atoms with Gasteiger partial charge < -0.3 is 10.2 Å². The summed E-state index contributed by atoms with van der Waals surface area (Å²) < 4.78 is 15.0. The van der Waals surface area contributed by atoms with E-state index in [0.717, 1.165) is 11.1 Å². The molecule has 0 bridgehead atoms. The zero-order chi connectivity index (χ0) is 19.0. The molecule has 1 heterocycles. The Bertz CT molecular complexity index is 1030. The maximum atomic E-state index is 14.4. The topological polar surface area (TPSA) is 32.3 Å². The maximum Gasteiger partial charge on any atom is 0.256 e. The first-order valence-corrected chi connectivity index (χ1v) is 9.56. The summed E-state index contributed by atoms with van der Waals surface area (Å²) in [5.74, 6) is -0.501. The fraction of sp³-hybridized carbons (Fsp3) is 0.0952. The summed E-state index contributed by atoms with van der Waals surface area (Å²) in [5, 5.41) is 3.77. The zero-order valence-electron chi connectivity index (χ0n) is 14.1. The van der Waals surface area contributed by atoms with Gasteiger partial charge in [0.15, 0.2) is 0 Å². The molecular weight excluding hydrogens is 431 g/mol. The van der Waals surface area contributed by atoms with Gasteiger partial charge in [-0.3, -0.25) is 4.79 Å². The van der Waals surface area contributed by atoms with Crippen molar-refractivity contribution in [2.24, 2.45) is 0 Å². The van der Waals surface area contributed by atoms with Gasteiger partial charge in [0.25, 0.3) is 5.91 Å². The molecule has 1 N–H and O–H groups in total. The van der Waals surface area contributed by atoms with Gasteiger partial charge >= 0.3 is 0 Å². The van der Waals surface area contributed by atoms with Crippen LogP contribution >= 0.6 is 27.5 Å². The molecule has 3 aromatic rings. The zero-order valence-corrected chi connectivity index (χ0v) is 16.5. The van der Waals surface area contributed by atoms with Crippen LogP contribution in [-0.2, 0) is 6.54 Å². The first-order valence-electron chi connectivity index (χ1n) is 8.39. The predicted octanol–water partition coefficient (Wildman–Crippen LogP) is 6.01. The summed E-state index contributed by atoms with van der Waals surface area (Å²) in [6.07, 6.45) is -0.486. The first kappa shape index (κ1) is 18.0. The van der Waals surface area contributed by atoms with Crippen LogP contribution in [0, 0.1) is 5.82 Å². The summed E-state index contributed by atoms with van der Waals surface area (Å²) in [6.45, 7) is 0.322. The van der Waals surface area contributed by atoms with Gasteiger partial charge in [-0.1, -0.05) is 63.9 Å². The summed E-state index contributed by atoms with van der Waals surface area (Å²) >= 11 is 9.55. The van der Waals surface area contributed by atoms with Gasteiger partial charge in [0.2, 0.25) is 0 Å². The second-order valence-electron chi connectivity index (χ2n) is 6.28. The van der Waals surface area contributed by atoms with Crippen molar-refractivity contribution in [3.63, 3.8) is 0 Å². The van der Waals surface area contributed by atoms with Crippen LogP contribution in [0.25, 0.3) is 0 Å². The largest absolute Gasteiger partial charge is 0.359 e. The number of anilines is 1. The summed E-state index contributed by atoms with van der Waals surface area (Å²) in [5.41, 5.74) is 2.59. The van der Waals surface area contributed by atoms with E-state index in [4.69, 9.17) is 11.6 Å². The number of benzene rings is 3. The minimum atomic E-state index is -0.486.